The fourth-order valence-corrected chi connectivity index (χ4v) is 3.74. The van der Waals surface area contributed by atoms with Crippen LogP contribution in [0, 0.1) is 11.3 Å². The summed E-state index contributed by atoms with van der Waals surface area (Å²) in [6.45, 7) is 2.28. The molecular weight excluding hydrogens is 336 g/mol. The molecule has 25 heavy (non-hydrogen) atoms. The van der Waals surface area contributed by atoms with Crippen molar-refractivity contribution in [1.29, 1.82) is 5.26 Å². The Hall–Kier alpha value is -2.92. The van der Waals surface area contributed by atoms with Gasteiger partial charge in [-0.3, -0.25) is 0 Å². The minimum Gasteiger partial charge on any atom is -0.477 e. The average Bonchev–Trinajstić information content (AvgIpc) is 2.61. The van der Waals surface area contributed by atoms with Gasteiger partial charge in [0.25, 0.3) is 0 Å². The first-order valence-corrected chi connectivity index (χ1v) is 8.55. The van der Waals surface area contributed by atoms with E-state index in [1.54, 1.807) is 6.20 Å². The summed E-state index contributed by atoms with van der Waals surface area (Å²) in [5.41, 5.74) is 2.55. The van der Waals surface area contributed by atoms with Crippen molar-refractivity contribution in [2.24, 2.45) is 0 Å². The average molecular weight is 350 g/mol. The third-order valence-corrected chi connectivity index (χ3v) is 4.80. The van der Waals surface area contributed by atoms with Crippen LogP contribution in [-0.4, -0.2) is 40.6 Å². The third kappa shape index (κ3) is 2.36. The van der Waals surface area contributed by atoms with Gasteiger partial charge in [-0.2, -0.15) is 15.2 Å². The van der Waals surface area contributed by atoms with E-state index < -0.39 is 0 Å². The highest BCUT2D eigenvalue weighted by molar-refractivity contribution is 7.99. The molecule has 8 heteroatoms. The van der Waals surface area contributed by atoms with Crippen LogP contribution in [0.3, 0.4) is 0 Å². The van der Waals surface area contributed by atoms with Crippen LogP contribution in [0.15, 0.2) is 28.4 Å². The first kappa shape index (κ1) is 15.6. The molecule has 1 aliphatic heterocycles. The monoisotopic (exact) mass is 350 g/mol. The van der Waals surface area contributed by atoms with Gasteiger partial charge >= 0.3 is 0 Å². The third-order valence-electron chi connectivity index (χ3n) is 3.79. The predicted molar refractivity (Wildman–Crippen MR) is 94.9 cm³/mol. The van der Waals surface area contributed by atoms with Crippen LogP contribution in [0.25, 0.3) is 22.2 Å². The van der Waals surface area contributed by atoms with Crippen LogP contribution in [0.1, 0.15) is 12.5 Å². The Morgan fingerprint density at radius 2 is 2.08 bits per heavy atom. The first-order valence-electron chi connectivity index (χ1n) is 7.73. The fourth-order valence-electron chi connectivity index (χ4n) is 2.74. The second-order valence-electron chi connectivity index (χ2n) is 5.59. The maximum atomic E-state index is 9.75. The van der Waals surface area contributed by atoms with Crippen molar-refractivity contribution in [3.05, 3.63) is 23.9 Å². The molecule has 1 aliphatic rings. The molecule has 0 atom stereocenters. The summed E-state index contributed by atoms with van der Waals surface area (Å²) in [5, 5.41) is 12.1. The number of aromatic nitrogens is 4. The van der Waals surface area contributed by atoms with E-state index in [-0.39, 0.29) is 0 Å². The molecule has 124 valence electrons. The SMILES string of the molecule is CCOc1nc2nc(N(C)C)nc3c2c(c1C#N)-c1cccnc1S3. The van der Waals surface area contributed by atoms with E-state index in [0.29, 0.717) is 29.6 Å². The number of nitrogens with zero attached hydrogens (tertiary/aromatic N) is 6. The zero-order chi connectivity index (χ0) is 17.6. The number of pyridine rings is 2. The van der Waals surface area contributed by atoms with Crippen LogP contribution in [0.2, 0.25) is 0 Å². The largest absolute Gasteiger partial charge is 0.477 e. The lowest BCUT2D eigenvalue weighted by atomic mass is 9.99. The smallest absolute Gasteiger partial charge is 0.234 e. The minimum absolute atomic E-state index is 0.295. The van der Waals surface area contributed by atoms with Crippen molar-refractivity contribution in [2.75, 3.05) is 25.6 Å². The molecule has 0 saturated carbocycles. The van der Waals surface area contributed by atoms with Gasteiger partial charge in [-0.1, -0.05) is 6.07 Å². The molecule has 7 nitrogen and oxygen atoms in total. The minimum atomic E-state index is 0.295. The van der Waals surface area contributed by atoms with Gasteiger partial charge in [0, 0.05) is 31.4 Å². The van der Waals surface area contributed by atoms with E-state index in [1.807, 2.05) is 38.1 Å². The molecule has 4 heterocycles. The van der Waals surface area contributed by atoms with Gasteiger partial charge in [0.2, 0.25) is 11.8 Å². The van der Waals surface area contributed by atoms with E-state index in [4.69, 9.17) is 4.74 Å². The summed E-state index contributed by atoms with van der Waals surface area (Å²) in [5.74, 6) is 0.851. The Morgan fingerprint density at radius 3 is 2.80 bits per heavy atom. The maximum absolute atomic E-state index is 9.75. The molecule has 0 N–H and O–H groups in total. The van der Waals surface area contributed by atoms with Gasteiger partial charge < -0.3 is 9.64 Å². The van der Waals surface area contributed by atoms with Gasteiger partial charge in [-0.25, -0.2) is 9.97 Å². The van der Waals surface area contributed by atoms with Crippen molar-refractivity contribution < 1.29 is 4.74 Å². The van der Waals surface area contributed by atoms with Crippen LogP contribution >= 0.6 is 11.8 Å². The summed E-state index contributed by atoms with van der Waals surface area (Å²) < 4.78 is 5.62. The number of hydrogen-bond donors (Lipinski definition) is 0. The molecule has 0 bridgehead atoms. The zero-order valence-corrected chi connectivity index (χ0v) is 14.8. The van der Waals surface area contributed by atoms with E-state index >= 15 is 0 Å². The highest BCUT2D eigenvalue weighted by atomic mass is 32.2. The van der Waals surface area contributed by atoms with Crippen molar-refractivity contribution in [3.8, 4) is 23.1 Å². The highest BCUT2D eigenvalue weighted by Gasteiger charge is 2.29. The highest BCUT2D eigenvalue weighted by Crippen LogP contribution is 2.48. The molecule has 3 aromatic rings. The van der Waals surface area contributed by atoms with Gasteiger partial charge in [-0.15, -0.1) is 0 Å². The Kier molecular flexibility index (Phi) is 3.66. The molecule has 0 aliphatic carbocycles. The standard InChI is InChI=1S/C17H14N6OS/c1-4-24-14-10(8-18)11-9-6-5-7-19-15(9)25-16-12(11)13(20-14)21-17(22-16)23(2)3/h5-7H,4H2,1-3H3. The Morgan fingerprint density at radius 1 is 1.24 bits per heavy atom. The number of fused-ring (bicyclic) bond motifs is 2. The molecular formula is C17H14N6OS. The van der Waals surface area contributed by atoms with E-state index in [1.165, 1.54) is 11.8 Å². The quantitative estimate of drug-likeness (QED) is 0.521. The molecule has 0 aromatic carbocycles. The number of hydrogen-bond acceptors (Lipinski definition) is 8. The lowest BCUT2D eigenvalue weighted by Gasteiger charge is -2.21. The molecule has 0 amide bonds. The zero-order valence-electron chi connectivity index (χ0n) is 13.9. The van der Waals surface area contributed by atoms with Crippen LogP contribution in [0.4, 0.5) is 5.95 Å². The van der Waals surface area contributed by atoms with Gasteiger partial charge in [0.15, 0.2) is 5.65 Å². The summed E-state index contributed by atoms with van der Waals surface area (Å²) in [7, 11) is 3.75. The van der Waals surface area contributed by atoms with Gasteiger partial charge in [0.05, 0.1) is 12.0 Å². The Balaban J connectivity index is 2.17. The Bertz CT molecular complexity index is 1040. The molecule has 0 unspecified atom stereocenters. The summed E-state index contributed by atoms with van der Waals surface area (Å²) >= 11 is 1.47. The number of nitriles is 1. The van der Waals surface area contributed by atoms with Crippen molar-refractivity contribution in [2.45, 2.75) is 17.0 Å². The van der Waals surface area contributed by atoms with Crippen molar-refractivity contribution in [3.63, 3.8) is 0 Å². The van der Waals surface area contributed by atoms with Gasteiger partial charge in [0.1, 0.15) is 21.7 Å². The second kappa shape index (κ2) is 5.86. The van der Waals surface area contributed by atoms with Gasteiger partial charge in [-0.05, 0) is 24.8 Å². The number of rotatable bonds is 3. The lowest BCUT2D eigenvalue weighted by Crippen LogP contribution is -2.15. The molecule has 0 radical (unpaired) electrons. The predicted octanol–water partition coefficient (Wildman–Crippen LogP) is 2.89. The first-order chi connectivity index (χ1) is 12.1. The molecule has 3 aromatic heterocycles. The number of ether oxygens (including phenoxy) is 1. The molecule has 0 spiro atoms. The Labute approximate surface area is 148 Å². The van der Waals surface area contributed by atoms with Crippen molar-refractivity contribution >= 4 is 28.7 Å². The van der Waals surface area contributed by atoms with E-state index in [2.05, 4.69) is 26.0 Å². The summed E-state index contributed by atoms with van der Waals surface area (Å²) in [6.07, 6.45) is 1.73. The number of anilines is 1. The molecule has 0 saturated heterocycles. The molecule has 4 rings (SSSR count). The summed E-state index contributed by atoms with van der Waals surface area (Å²) in [4.78, 5) is 19.9. The second-order valence-corrected chi connectivity index (χ2v) is 6.57. The topological polar surface area (TPSA) is 87.8 Å². The van der Waals surface area contributed by atoms with E-state index in [0.717, 1.165) is 26.6 Å². The van der Waals surface area contributed by atoms with E-state index in [9.17, 15) is 5.26 Å². The van der Waals surface area contributed by atoms with Crippen LogP contribution < -0.4 is 9.64 Å². The maximum Gasteiger partial charge on any atom is 0.234 e. The normalized spacial score (nSPS) is 11.8. The lowest BCUT2D eigenvalue weighted by molar-refractivity contribution is 0.327. The van der Waals surface area contributed by atoms with Crippen LogP contribution in [-0.2, 0) is 0 Å². The fraction of sp³-hybridized carbons (Fsp3) is 0.235. The van der Waals surface area contributed by atoms with Crippen LogP contribution in [0.5, 0.6) is 5.88 Å². The molecule has 0 fully saturated rings. The summed E-state index contributed by atoms with van der Waals surface area (Å²) in [6, 6.07) is 6.04. The van der Waals surface area contributed by atoms with Crippen molar-refractivity contribution in [1.82, 2.24) is 19.9 Å².